The normalized spacial score (nSPS) is 12.4. The third-order valence-electron chi connectivity index (χ3n) is 2.72. The smallest absolute Gasteiger partial charge is 0.164 e. The average Bonchev–Trinajstić information content (AvgIpc) is 2.41. The molecule has 0 aliphatic carbocycles. The van der Waals surface area contributed by atoms with E-state index in [0.29, 0.717) is 5.56 Å². The minimum absolute atomic E-state index is 0.133. The highest BCUT2D eigenvalue weighted by atomic mass is 19.2. The van der Waals surface area contributed by atoms with E-state index in [9.17, 15) is 8.78 Å². The van der Waals surface area contributed by atoms with E-state index in [1.54, 1.807) is 6.07 Å². The lowest BCUT2D eigenvalue weighted by molar-refractivity contribution is 0.478. The van der Waals surface area contributed by atoms with Gasteiger partial charge in [0.2, 0.25) is 0 Å². The van der Waals surface area contributed by atoms with Crippen LogP contribution in [0.2, 0.25) is 0 Å². The van der Waals surface area contributed by atoms with E-state index in [-0.39, 0.29) is 11.1 Å². The van der Waals surface area contributed by atoms with E-state index < -0.39 is 17.7 Å². The van der Waals surface area contributed by atoms with Crippen molar-refractivity contribution in [3.8, 4) is 0 Å². The largest absolute Gasteiger partial charge is 0.271 e. The second-order valence-electron chi connectivity index (χ2n) is 3.88. The molecule has 1 aromatic carbocycles. The Labute approximate surface area is 103 Å². The van der Waals surface area contributed by atoms with Crippen LogP contribution in [0.3, 0.4) is 0 Å². The number of benzene rings is 1. The molecule has 0 aliphatic rings. The van der Waals surface area contributed by atoms with Crippen LogP contribution in [0.15, 0.2) is 30.6 Å². The molecule has 0 bridgehead atoms. The molecule has 0 radical (unpaired) electrons. The standard InChI is InChI=1S/C12H12F2N4/c1-7-2-3-9(11(14)10(7)13)12(18-15)8-4-5-16-17-6-8/h2-6,12,18H,15H2,1H3. The number of hydrogen-bond donors (Lipinski definition) is 2. The summed E-state index contributed by atoms with van der Waals surface area (Å²) in [6, 6.07) is 3.97. The number of nitrogens with zero attached hydrogens (tertiary/aromatic N) is 2. The highest BCUT2D eigenvalue weighted by Gasteiger charge is 2.20. The first kappa shape index (κ1) is 12.5. The number of nitrogens with two attached hydrogens (primary N) is 1. The van der Waals surface area contributed by atoms with Gasteiger partial charge < -0.3 is 0 Å². The van der Waals surface area contributed by atoms with Crippen molar-refractivity contribution in [1.82, 2.24) is 15.6 Å². The highest BCUT2D eigenvalue weighted by molar-refractivity contribution is 5.33. The molecule has 0 fully saturated rings. The lowest BCUT2D eigenvalue weighted by Gasteiger charge is -2.17. The second kappa shape index (κ2) is 5.16. The Balaban J connectivity index is 2.50. The zero-order valence-electron chi connectivity index (χ0n) is 9.69. The third-order valence-corrected chi connectivity index (χ3v) is 2.72. The Morgan fingerprint density at radius 3 is 2.56 bits per heavy atom. The molecule has 2 aromatic rings. The highest BCUT2D eigenvalue weighted by Crippen LogP contribution is 2.25. The van der Waals surface area contributed by atoms with Gasteiger partial charge in [0, 0.05) is 11.8 Å². The predicted molar refractivity (Wildman–Crippen MR) is 62.3 cm³/mol. The summed E-state index contributed by atoms with van der Waals surface area (Å²) in [6.45, 7) is 1.50. The van der Waals surface area contributed by atoms with Gasteiger partial charge in [0.05, 0.1) is 12.2 Å². The van der Waals surface area contributed by atoms with Gasteiger partial charge in [-0.25, -0.2) is 14.2 Å². The van der Waals surface area contributed by atoms with Crippen molar-refractivity contribution < 1.29 is 8.78 Å². The van der Waals surface area contributed by atoms with Gasteiger partial charge in [-0.2, -0.15) is 10.2 Å². The molecule has 1 unspecified atom stereocenters. The summed E-state index contributed by atoms with van der Waals surface area (Å²) in [7, 11) is 0. The van der Waals surface area contributed by atoms with Crippen LogP contribution in [-0.2, 0) is 0 Å². The maximum atomic E-state index is 13.9. The number of rotatable bonds is 3. The average molecular weight is 250 g/mol. The summed E-state index contributed by atoms with van der Waals surface area (Å²) < 4.78 is 27.4. The molecule has 2 rings (SSSR count). The van der Waals surface area contributed by atoms with Crippen molar-refractivity contribution in [3.63, 3.8) is 0 Å². The summed E-state index contributed by atoms with van der Waals surface area (Å²) >= 11 is 0. The molecule has 0 spiro atoms. The lowest BCUT2D eigenvalue weighted by Crippen LogP contribution is -2.30. The fourth-order valence-electron chi connectivity index (χ4n) is 1.72. The molecule has 94 valence electrons. The van der Waals surface area contributed by atoms with Gasteiger partial charge >= 0.3 is 0 Å². The number of aryl methyl sites for hydroxylation is 1. The molecule has 1 aromatic heterocycles. The molecule has 1 heterocycles. The first-order chi connectivity index (χ1) is 8.65. The van der Waals surface area contributed by atoms with Crippen molar-refractivity contribution >= 4 is 0 Å². The Morgan fingerprint density at radius 1 is 1.17 bits per heavy atom. The predicted octanol–water partition coefficient (Wildman–Crippen LogP) is 1.62. The zero-order chi connectivity index (χ0) is 13.1. The molecule has 0 saturated carbocycles. The van der Waals surface area contributed by atoms with E-state index in [1.807, 2.05) is 0 Å². The number of nitrogens with one attached hydrogen (secondary N) is 1. The maximum absolute atomic E-state index is 13.9. The van der Waals surface area contributed by atoms with Gasteiger partial charge in [-0.3, -0.25) is 5.84 Å². The van der Waals surface area contributed by atoms with Gasteiger partial charge in [-0.1, -0.05) is 12.1 Å². The zero-order valence-corrected chi connectivity index (χ0v) is 9.69. The molecular weight excluding hydrogens is 238 g/mol. The van der Waals surface area contributed by atoms with Crippen LogP contribution in [0, 0.1) is 18.6 Å². The van der Waals surface area contributed by atoms with Gasteiger partial charge in [-0.15, -0.1) is 0 Å². The van der Waals surface area contributed by atoms with Crippen molar-refractivity contribution in [3.05, 3.63) is 58.9 Å². The van der Waals surface area contributed by atoms with Crippen LogP contribution in [0.4, 0.5) is 8.78 Å². The number of hydrazine groups is 1. The minimum Gasteiger partial charge on any atom is -0.271 e. The second-order valence-corrected chi connectivity index (χ2v) is 3.88. The monoisotopic (exact) mass is 250 g/mol. The molecule has 4 nitrogen and oxygen atoms in total. The van der Waals surface area contributed by atoms with E-state index in [4.69, 9.17) is 5.84 Å². The van der Waals surface area contributed by atoms with Crippen molar-refractivity contribution in [2.75, 3.05) is 0 Å². The molecule has 1 atom stereocenters. The summed E-state index contributed by atoms with van der Waals surface area (Å²) in [4.78, 5) is 0. The first-order valence-electron chi connectivity index (χ1n) is 5.32. The summed E-state index contributed by atoms with van der Waals surface area (Å²) in [6.07, 6.45) is 2.91. The molecule has 0 saturated heterocycles. The molecule has 0 amide bonds. The topological polar surface area (TPSA) is 63.8 Å². The SMILES string of the molecule is Cc1ccc(C(NN)c2ccnnc2)c(F)c1F. The number of aromatic nitrogens is 2. The van der Waals surface area contributed by atoms with E-state index in [0.717, 1.165) is 0 Å². The molecular formula is C12H12F2N4. The van der Waals surface area contributed by atoms with E-state index in [1.165, 1.54) is 31.5 Å². The van der Waals surface area contributed by atoms with Crippen molar-refractivity contribution in [1.29, 1.82) is 0 Å². The van der Waals surface area contributed by atoms with Crippen molar-refractivity contribution in [2.24, 2.45) is 5.84 Å². The molecule has 6 heteroatoms. The fourth-order valence-corrected chi connectivity index (χ4v) is 1.72. The Morgan fingerprint density at radius 2 is 1.94 bits per heavy atom. The summed E-state index contributed by atoms with van der Waals surface area (Å²) in [5, 5.41) is 7.31. The van der Waals surface area contributed by atoms with E-state index >= 15 is 0 Å². The maximum Gasteiger partial charge on any atom is 0.164 e. The first-order valence-corrected chi connectivity index (χ1v) is 5.32. The van der Waals surface area contributed by atoms with Gasteiger partial charge in [0.25, 0.3) is 0 Å². The van der Waals surface area contributed by atoms with Crippen LogP contribution < -0.4 is 11.3 Å². The summed E-state index contributed by atoms with van der Waals surface area (Å²) in [5.74, 6) is 3.63. The molecule has 3 N–H and O–H groups in total. The minimum atomic E-state index is -0.908. The third kappa shape index (κ3) is 2.20. The van der Waals surface area contributed by atoms with Crippen LogP contribution >= 0.6 is 0 Å². The lowest BCUT2D eigenvalue weighted by atomic mass is 9.99. The fraction of sp³-hybridized carbons (Fsp3) is 0.167. The van der Waals surface area contributed by atoms with Crippen LogP contribution in [0.25, 0.3) is 0 Å². The van der Waals surface area contributed by atoms with Gasteiger partial charge in [-0.05, 0) is 24.1 Å². The van der Waals surface area contributed by atoms with Crippen LogP contribution in [-0.4, -0.2) is 10.2 Å². The van der Waals surface area contributed by atoms with Crippen molar-refractivity contribution in [2.45, 2.75) is 13.0 Å². The summed E-state index contributed by atoms with van der Waals surface area (Å²) in [5.41, 5.74) is 3.44. The molecule has 0 aliphatic heterocycles. The van der Waals surface area contributed by atoms with Crippen LogP contribution in [0.5, 0.6) is 0 Å². The Kier molecular flexibility index (Phi) is 3.59. The molecule has 18 heavy (non-hydrogen) atoms. The number of hydrogen-bond acceptors (Lipinski definition) is 4. The van der Waals surface area contributed by atoms with Gasteiger partial charge in [0.1, 0.15) is 0 Å². The van der Waals surface area contributed by atoms with Gasteiger partial charge in [0.15, 0.2) is 11.6 Å². The van der Waals surface area contributed by atoms with E-state index in [2.05, 4.69) is 15.6 Å². The number of halogens is 2. The Bertz CT molecular complexity index is 545. The quantitative estimate of drug-likeness (QED) is 0.641. The Hall–Kier alpha value is -1.92. The van der Waals surface area contributed by atoms with Crippen LogP contribution in [0.1, 0.15) is 22.7 Å².